The molecule has 1 amide bonds. The monoisotopic (exact) mass is 376 g/mol. The number of nitrogens with zero attached hydrogens (tertiary/aromatic N) is 1. The molecule has 150 valence electrons. The van der Waals surface area contributed by atoms with Crippen LogP contribution in [0.4, 0.5) is 0 Å². The van der Waals surface area contributed by atoms with Crippen molar-refractivity contribution in [1.82, 2.24) is 5.32 Å². The third kappa shape index (κ3) is 6.77. The first kappa shape index (κ1) is 21.1. The van der Waals surface area contributed by atoms with Gasteiger partial charge in [-0.3, -0.25) is 4.79 Å². The van der Waals surface area contributed by atoms with Crippen LogP contribution in [0.1, 0.15) is 68.1 Å². The highest BCUT2D eigenvalue weighted by molar-refractivity contribution is 5.94. The van der Waals surface area contributed by atoms with Crippen molar-refractivity contribution in [3.63, 3.8) is 0 Å². The molecule has 0 saturated heterocycles. The Morgan fingerprint density at radius 2 is 1.89 bits per heavy atom. The molecule has 6 nitrogen and oxygen atoms in total. The maximum absolute atomic E-state index is 12.2. The van der Waals surface area contributed by atoms with Crippen LogP contribution in [0.15, 0.2) is 18.2 Å². The number of hydrogen-bond acceptors (Lipinski definition) is 4. The van der Waals surface area contributed by atoms with E-state index in [1.54, 1.807) is 38.6 Å². The van der Waals surface area contributed by atoms with Crippen LogP contribution in [0.5, 0.6) is 11.5 Å². The molecular weight excluding hydrogens is 344 g/mol. The first-order valence-corrected chi connectivity index (χ1v) is 9.94. The average molecular weight is 376 g/mol. The number of carbonyl (C=O) groups excluding carboxylic acids is 1. The van der Waals surface area contributed by atoms with Gasteiger partial charge in [0.15, 0.2) is 23.8 Å². The second-order valence-corrected chi connectivity index (χ2v) is 7.01. The van der Waals surface area contributed by atoms with Crippen molar-refractivity contribution in [3.8, 4) is 11.5 Å². The van der Waals surface area contributed by atoms with E-state index in [4.69, 9.17) is 9.47 Å². The molecule has 0 heterocycles. The van der Waals surface area contributed by atoms with E-state index in [0.717, 1.165) is 38.5 Å². The molecule has 0 unspecified atom stereocenters. The third-order valence-electron chi connectivity index (χ3n) is 5.06. The minimum atomic E-state index is -0.120. The maximum atomic E-state index is 12.2. The van der Waals surface area contributed by atoms with Gasteiger partial charge in [0.05, 0.1) is 14.2 Å². The first-order chi connectivity index (χ1) is 13.2. The van der Waals surface area contributed by atoms with Crippen LogP contribution in [0.25, 0.3) is 0 Å². The fourth-order valence-electron chi connectivity index (χ4n) is 3.43. The molecule has 27 heavy (non-hydrogen) atoms. The van der Waals surface area contributed by atoms with E-state index in [1.807, 2.05) is 0 Å². The van der Waals surface area contributed by atoms with E-state index >= 15 is 0 Å². The van der Waals surface area contributed by atoms with Gasteiger partial charge in [-0.15, -0.1) is 0 Å². The van der Waals surface area contributed by atoms with Crippen LogP contribution in [-0.4, -0.2) is 43.7 Å². The van der Waals surface area contributed by atoms with Gasteiger partial charge < -0.3 is 20.0 Å². The predicted molar refractivity (Wildman–Crippen MR) is 107 cm³/mol. The number of unbranched alkanes of at least 4 members (excludes halogenated alkanes) is 3. The van der Waals surface area contributed by atoms with E-state index in [1.165, 1.54) is 24.0 Å². The standard InChI is InChI=1S/C21H32N2O4/c1-26-19-13-12-17(16-20(19)27-2)21(24)22-14-8-3-4-9-15-23(25)18-10-6-5-7-11-18/h12-13,15-16,18H,3-11,14H2,1-2H3,(H,22,24)/b23-15-. The molecule has 1 N–H and O–H groups in total. The average Bonchev–Trinajstić information content (AvgIpc) is 2.72. The van der Waals surface area contributed by atoms with Crippen molar-refractivity contribution in [2.24, 2.45) is 0 Å². The molecular formula is C21H32N2O4. The Morgan fingerprint density at radius 1 is 1.15 bits per heavy atom. The molecule has 1 fully saturated rings. The fourth-order valence-corrected chi connectivity index (χ4v) is 3.43. The number of hydrogen-bond donors (Lipinski definition) is 1. The molecule has 1 aliphatic rings. The molecule has 0 bridgehead atoms. The highest BCUT2D eigenvalue weighted by Crippen LogP contribution is 2.27. The Hall–Kier alpha value is -2.24. The number of ether oxygens (including phenoxy) is 2. The van der Waals surface area contributed by atoms with E-state index < -0.39 is 0 Å². The number of amides is 1. The molecule has 1 aromatic rings. The Morgan fingerprint density at radius 3 is 2.59 bits per heavy atom. The fraction of sp³-hybridized carbons (Fsp3) is 0.619. The predicted octanol–water partition coefficient (Wildman–Crippen LogP) is 3.91. The highest BCUT2D eigenvalue weighted by atomic mass is 16.5. The lowest BCUT2D eigenvalue weighted by Crippen LogP contribution is -2.25. The smallest absolute Gasteiger partial charge is 0.251 e. The Kier molecular flexibility index (Phi) is 8.95. The number of nitrogens with one attached hydrogen (secondary N) is 1. The summed E-state index contributed by atoms with van der Waals surface area (Å²) in [6, 6.07) is 5.32. The van der Waals surface area contributed by atoms with Gasteiger partial charge in [-0.1, -0.05) is 12.8 Å². The molecule has 0 atom stereocenters. The van der Waals surface area contributed by atoms with E-state index in [0.29, 0.717) is 23.6 Å². The molecule has 0 radical (unpaired) electrons. The minimum Gasteiger partial charge on any atom is -0.624 e. The van der Waals surface area contributed by atoms with E-state index in [9.17, 15) is 10.0 Å². The lowest BCUT2D eigenvalue weighted by molar-refractivity contribution is -0.502. The second kappa shape index (κ2) is 11.5. The summed E-state index contributed by atoms with van der Waals surface area (Å²) in [4.78, 5) is 12.2. The van der Waals surface area contributed by atoms with Gasteiger partial charge in [0.1, 0.15) is 0 Å². The van der Waals surface area contributed by atoms with Crippen LogP contribution in [-0.2, 0) is 0 Å². The Balaban J connectivity index is 1.63. The summed E-state index contributed by atoms with van der Waals surface area (Å²) >= 11 is 0. The van der Waals surface area contributed by atoms with Gasteiger partial charge in [0.2, 0.25) is 0 Å². The van der Waals surface area contributed by atoms with Crippen LogP contribution in [0, 0.1) is 5.21 Å². The summed E-state index contributed by atoms with van der Waals surface area (Å²) in [5.41, 5.74) is 0.551. The lowest BCUT2D eigenvalue weighted by Gasteiger charge is -2.20. The van der Waals surface area contributed by atoms with Gasteiger partial charge in [-0.2, -0.15) is 0 Å². The lowest BCUT2D eigenvalue weighted by atomic mass is 9.96. The Labute approximate surface area is 162 Å². The van der Waals surface area contributed by atoms with Crippen LogP contribution >= 0.6 is 0 Å². The summed E-state index contributed by atoms with van der Waals surface area (Å²) in [5, 5.41) is 14.9. The topological polar surface area (TPSA) is 73.6 Å². The Bertz CT molecular complexity index is 625. The molecule has 2 rings (SSSR count). The zero-order valence-corrected chi connectivity index (χ0v) is 16.5. The second-order valence-electron chi connectivity index (χ2n) is 7.01. The maximum Gasteiger partial charge on any atom is 0.251 e. The number of carbonyl (C=O) groups is 1. The third-order valence-corrected chi connectivity index (χ3v) is 5.06. The molecule has 1 aromatic carbocycles. The van der Waals surface area contributed by atoms with Crippen LogP contribution in [0.3, 0.4) is 0 Å². The summed E-state index contributed by atoms with van der Waals surface area (Å²) in [6.45, 7) is 0.622. The van der Waals surface area contributed by atoms with Gasteiger partial charge in [-0.25, -0.2) is 4.74 Å². The first-order valence-electron chi connectivity index (χ1n) is 9.94. The molecule has 1 aliphatic carbocycles. The normalized spacial score (nSPS) is 15.4. The zero-order valence-electron chi connectivity index (χ0n) is 16.5. The van der Waals surface area contributed by atoms with Crippen LogP contribution < -0.4 is 14.8 Å². The van der Waals surface area contributed by atoms with Crippen molar-refractivity contribution >= 4 is 12.1 Å². The summed E-state index contributed by atoms with van der Waals surface area (Å²) in [6.07, 6.45) is 11.1. The summed E-state index contributed by atoms with van der Waals surface area (Å²) < 4.78 is 11.6. The largest absolute Gasteiger partial charge is 0.624 e. The van der Waals surface area contributed by atoms with E-state index in [2.05, 4.69) is 5.32 Å². The molecule has 6 heteroatoms. The van der Waals surface area contributed by atoms with Crippen molar-refractivity contribution in [1.29, 1.82) is 0 Å². The molecule has 1 saturated carbocycles. The van der Waals surface area contributed by atoms with Crippen molar-refractivity contribution < 1.29 is 19.0 Å². The van der Waals surface area contributed by atoms with Crippen molar-refractivity contribution in [2.75, 3.05) is 20.8 Å². The molecule has 0 aromatic heterocycles. The molecule has 0 aliphatic heterocycles. The summed E-state index contributed by atoms with van der Waals surface area (Å²) in [7, 11) is 3.12. The minimum absolute atomic E-state index is 0.120. The van der Waals surface area contributed by atoms with Gasteiger partial charge in [0, 0.05) is 31.4 Å². The molecule has 0 spiro atoms. The number of hydroxylamine groups is 1. The van der Waals surface area contributed by atoms with Gasteiger partial charge in [-0.05, 0) is 43.9 Å². The highest BCUT2D eigenvalue weighted by Gasteiger charge is 2.19. The van der Waals surface area contributed by atoms with Gasteiger partial charge in [0.25, 0.3) is 5.91 Å². The van der Waals surface area contributed by atoms with Crippen LogP contribution in [0.2, 0.25) is 0 Å². The summed E-state index contributed by atoms with van der Waals surface area (Å²) in [5.74, 6) is 1.03. The van der Waals surface area contributed by atoms with Gasteiger partial charge >= 0.3 is 0 Å². The SMILES string of the molecule is COc1ccc(C(=O)NCCCCC/C=[N+](\[O-])C2CCCCC2)cc1OC. The quantitative estimate of drug-likeness (QED) is 0.221. The number of benzene rings is 1. The zero-order chi connectivity index (χ0) is 19.5. The van der Waals surface area contributed by atoms with Crippen molar-refractivity contribution in [2.45, 2.75) is 63.8 Å². The van der Waals surface area contributed by atoms with Crippen molar-refractivity contribution in [3.05, 3.63) is 29.0 Å². The van der Waals surface area contributed by atoms with E-state index in [-0.39, 0.29) is 11.9 Å². The number of methoxy groups -OCH3 is 2. The number of rotatable bonds is 10.